The summed E-state index contributed by atoms with van der Waals surface area (Å²) in [7, 11) is 0. The number of hydrogen-bond donors (Lipinski definition) is 2. The molecule has 2 atom stereocenters. The van der Waals surface area contributed by atoms with E-state index in [1.807, 2.05) is 12.1 Å². The first-order valence-electron chi connectivity index (χ1n) is 7.22. The average molecular weight is 275 g/mol. The van der Waals surface area contributed by atoms with E-state index in [9.17, 15) is 0 Å². The van der Waals surface area contributed by atoms with Crippen molar-refractivity contribution in [3.05, 3.63) is 17.9 Å². The maximum absolute atomic E-state index is 6.12. The quantitative estimate of drug-likeness (QED) is 0.894. The van der Waals surface area contributed by atoms with Crippen molar-refractivity contribution in [1.29, 1.82) is 0 Å². The standard InChI is InChI=1S/C14H21N5O/c1-3-10-6-7-12(20-10)13-16-14(18-17-13)19-8-4-5-11(15)9(19)2/h6-7,9,11H,3-5,8,15H2,1-2H3,(H,16,17,18). The Hall–Kier alpha value is -1.82. The maximum Gasteiger partial charge on any atom is 0.245 e. The van der Waals surface area contributed by atoms with Gasteiger partial charge in [-0.1, -0.05) is 6.92 Å². The molecule has 2 unspecified atom stereocenters. The number of H-pyrrole nitrogens is 1. The molecule has 0 bridgehead atoms. The highest BCUT2D eigenvalue weighted by Crippen LogP contribution is 2.24. The third kappa shape index (κ3) is 2.31. The monoisotopic (exact) mass is 275 g/mol. The number of furan rings is 1. The Morgan fingerprint density at radius 3 is 3.10 bits per heavy atom. The van der Waals surface area contributed by atoms with Crippen molar-refractivity contribution in [3.63, 3.8) is 0 Å². The van der Waals surface area contributed by atoms with Gasteiger partial charge in [0.15, 0.2) is 11.6 Å². The summed E-state index contributed by atoms with van der Waals surface area (Å²) in [5.74, 6) is 3.06. The van der Waals surface area contributed by atoms with E-state index in [-0.39, 0.29) is 12.1 Å². The second-order valence-electron chi connectivity index (χ2n) is 5.34. The summed E-state index contributed by atoms with van der Waals surface area (Å²) in [4.78, 5) is 6.71. The van der Waals surface area contributed by atoms with E-state index >= 15 is 0 Å². The van der Waals surface area contributed by atoms with Gasteiger partial charge >= 0.3 is 0 Å². The van der Waals surface area contributed by atoms with Crippen molar-refractivity contribution < 1.29 is 4.42 Å². The molecule has 3 N–H and O–H groups in total. The summed E-state index contributed by atoms with van der Waals surface area (Å²) in [6.45, 7) is 5.14. The number of hydrogen-bond acceptors (Lipinski definition) is 5. The van der Waals surface area contributed by atoms with E-state index in [0.717, 1.165) is 37.3 Å². The van der Waals surface area contributed by atoms with Crippen molar-refractivity contribution in [1.82, 2.24) is 15.2 Å². The van der Waals surface area contributed by atoms with Crippen LogP contribution < -0.4 is 10.6 Å². The zero-order valence-corrected chi connectivity index (χ0v) is 12.0. The minimum Gasteiger partial charge on any atom is -0.458 e. The number of nitrogens with one attached hydrogen (secondary N) is 1. The third-order valence-corrected chi connectivity index (χ3v) is 4.02. The number of anilines is 1. The predicted octanol–water partition coefficient (Wildman–Crippen LogP) is 1.94. The first-order chi connectivity index (χ1) is 9.69. The number of aromatic nitrogens is 3. The fourth-order valence-corrected chi connectivity index (χ4v) is 2.64. The molecule has 1 saturated heterocycles. The summed E-state index contributed by atoms with van der Waals surface area (Å²) in [6, 6.07) is 4.34. The molecule has 1 fully saturated rings. The molecule has 1 aliphatic heterocycles. The van der Waals surface area contributed by atoms with Crippen molar-refractivity contribution in [2.45, 2.75) is 45.2 Å². The first kappa shape index (κ1) is 13.2. The van der Waals surface area contributed by atoms with Crippen LogP contribution in [0.25, 0.3) is 11.6 Å². The lowest BCUT2D eigenvalue weighted by Gasteiger charge is -2.36. The lowest BCUT2D eigenvalue weighted by molar-refractivity contribution is 0.416. The van der Waals surface area contributed by atoms with E-state index in [4.69, 9.17) is 10.2 Å². The van der Waals surface area contributed by atoms with Gasteiger partial charge in [0, 0.05) is 25.0 Å². The summed E-state index contributed by atoms with van der Waals surface area (Å²) >= 11 is 0. The Bertz CT molecular complexity index is 576. The van der Waals surface area contributed by atoms with Gasteiger partial charge in [-0.05, 0) is 31.9 Å². The number of rotatable bonds is 3. The van der Waals surface area contributed by atoms with E-state index in [2.05, 4.69) is 33.9 Å². The van der Waals surface area contributed by atoms with Crippen LogP contribution in [-0.2, 0) is 6.42 Å². The Morgan fingerprint density at radius 1 is 1.50 bits per heavy atom. The highest BCUT2D eigenvalue weighted by Gasteiger charge is 2.28. The number of piperidine rings is 1. The molecule has 108 valence electrons. The van der Waals surface area contributed by atoms with Crippen LogP contribution in [0.5, 0.6) is 0 Å². The Balaban J connectivity index is 1.82. The molecule has 0 amide bonds. The van der Waals surface area contributed by atoms with Gasteiger partial charge < -0.3 is 15.1 Å². The number of nitrogens with zero attached hydrogens (tertiary/aromatic N) is 3. The van der Waals surface area contributed by atoms with Gasteiger partial charge in [0.05, 0.1) is 0 Å². The Morgan fingerprint density at radius 2 is 2.35 bits per heavy atom. The van der Waals surface area contributed by atoms with Crippen LogP contribution in [0.1, 0.15) is 32.4 Å². The van der Waals surface area contributed by atoms with Crippen LogP contribution in [0.15, 0.2) is 16.5 Å². The zero-order valence-electron chi connectivity index (χ0n) is 12.0. The highest BCUT2D eigenvalue weighted by molar-refractivity contribution is 5.50. The Labute approximate surface area is 118 Å². The highest BCUT2D eigenvalue weighted by atomic mass is 16.3. The van der Waals surface area contributed by atoms with Crippen molar-refractivity contribution >= 4 is 5.95 Å². The molecule has 0 saturated carbocycles. The van der Waals surface area contributed by atoms with Crippen LogP contribution >= 0.6 is 0 Å². The number of aromatic amines is 1. The molecule has 0 spiro atoms. The lowest BCUT2D eigenvalue weighted by Crippen LogP contribution is -2.50. The molecular weight excluding hydrogens is 254 g/mol. The topological polar surface area (TPSA) is 84.0 Å². The van der Waals surface area contributed by atoms with Gasteiger partial charge in [-0.25, -0.2) is 0 Å². The largest absolute Gasteiger partial charge is 0.458 e. The van der Waals surface area contributed by atoms with E-state index in [1.54, 1.807) is 0 Å². The molecule has 3 heterocycles. The van der Waals surface area contributed by atoms with Gasteiger partial charge in [0.25, 0.3) is 0 Å². The molecule has 0 radical (unpaired) electrons. The van der Waals surface area contributed by atoms with Crippen LogP contribution in [-0.4, -0.2) is 33.8 Å². The molecule has 1 aliphatic rings. The number of aryl methyl sites for hydroxylation is 1. The molecule has 6 nitrogen and oxygen atoms in total. The normalized spacial score (nSPS) is 23.2. The molecular formula is C14H21N5O. The molecule has 2 aromatic rings. The summed E-state index contributed by atoms with van der Waals surface area (Å²) in [5, 5.41) is 7.27. The molecule has 20 heavy (non-hydrogen) atoms. The van der Waals surface area contributed by atoms with Gasteiger partial charge in [0.1, 0.15) is 5.76 Å². The van der Waals surface area contributed by atoms with Gasteiger partial charge in [-0.3, -0.25) is 5.10 Å². The number of nitrogens with two attached hydrogens (primary N) is 1. The summed E-state index contributed by atoms with van der Waals surface area (Å²) < 4.78 is 5.69. The molecule has 2 aromatic heterocycles. The first-order valence-corrected chi connectivity index (χ1v) is 7.22. The summed E-state index contributed by atoms with van der Waals surface area (Å²) in [5.41, 5.74) is 6.12. The molecule has 0 aliphatic carbocycles. The predicted molar refractivity (Wildman–Crippen MR) is 77.5 cm³/mol. The SMILES string of the molecule is CCc1ccc(-c2nc(N3CCCC(N)C3C)n[nH]2)o1. The lowest BCUT2D eigenvalue weighted by atomic mass is 9.99. The van der Waals surface area contributed by atoms with Crippen molar-refractivity contribution in [2.75, 3.05) is 11.4 Å². The summed E-state index contributed by atoms with van der Waals surface area (Å²) in [6.07, 6.45) is 3.02. The third-order valence-electron chi connectivity index (χ3n) is 4.02. The van der Waals surface area contributed by atoms with Gasteiger partial charge in [-0.15, -0.1) is 5.10 Å². The maximum atomic E-state index is 6.12. The smallest absolute Gasteiger partial charge is 0.245 e. The van der Waals surface area contributed by atoms with Gasteiger partial charge in [-0.2, -0.15) is 4.98 Å². The molecule has 0 aromatic carbocycles. The average Bonchev–Trinajstić information content (AvgIpc) is 3.09. The minimum absolute atomic E-state index is 0.181. The second-order valence-corrected chi connectivity index (χ2v) is 5.34. The molecule has 6 heteroatoms. The second kappa shape index (κ2) is 5.28. The van der Waals surface area contributed by atoms with Crippen LogP contribution in [0, 0.1) is 0 Å². The van der Waals surface area contributed by atoms with Crippen molar-refractivity contribution in [3.8, 4) is 11.6 Å². The fraction of sp³-hybridized carbons (Fsp3) is 0.571. The van der Waals surface area contributed by atoms with Gasteiger partial charge in [0.2, 0.25) is 5.95 Å². The minimum atomic E-state index is 0.181. The van der Waals surface area contributed by atoms with Crippen LogP contribution in [0.2, 0.25) is 0 Å². The van der Waals surface area contributed by atoms with Crippen LogP contribution in [0.3, 0.4) is 0 Å². The van der Waals surface area contributed by atoms with Crippen LogP contribution in [0.4, 0.5) is 5.95 Å². The van der Waals surface area contributed by atoms with E-state index < -0.39 is 0 Å². The molecule has 3 rings (SSSR count). The fourth-order valence-electron chi connectivity index (χ4n) is 2.64. The zero-order chi connectivity index (χ0) is 14.1. The van der Waals surface area contributed by atoms with E-state index in [1.165, 1.54) is 0 Å². The van der Waals surface area contributed by atoms with Crippen molar-refractivity contribution in [2.24, 2.45) is 5.73 Å². The van der Waals surface area contributed by atoms with E-state index in [0.29, 0.717) is 11.8 Å². The Kier molecular flexibility index (Phi) is 3.48.